The number of nitrogens with two attached hydrogens (primary N) is 1. The quantitative estimate of drug-likeness (QED) is 0.284. The summed E-state index contributed by atoms with van der Waals surface area (Å²) in [6.45, 7) is 0.871. The number of carbonyl (C=O) groups excluding carboxylic acids is 3. The molecular formula is C11H18NO3S3Sn. The smallest absolute Gasteiger partial charge is 0.153 e. The average Bonchev–Trinajstić information content (AvgIpc) is 2.48. The molecule has 0 rings (SSSR count). The van der Waals surface area contributed by atoms with Crippen LogP contribution in [0.4, 0.5) is 0 Å². The van der Waals surface area contributed by atoms with E-state index in [0.717, 1.165) is 22.6 Å². The Morgan fingerprint density at radius 2 is 1.11 bits per heavy atom. The standard InChI is InChI=1S/C5H12N.3C2H2OS.Sn/c1-2-3-4-5-6;3*3-1-2-4;/h1-6H2;3*1-2H;. The third kappa shape index (κ3) is 93.7. The Morgan fingerprint density at radius 1 is 0.789 bits per heavy atom. The maximum Gasteiger partial charge on any atom is 0.153 e. The van der Waals surface area contributed by atoms with E-state index >= 15 is 0 Å². The first-order valence-corrected chi connectivity index (χ1v) is 8.61. The third-order valence-electron chi connectivity index (χ3n) is 1.05. The molecule has 0 saturated heterocycles. The van der Waals surface area contributed by atoms with E-state index in [-0.39, 0.29) is 0 Å². The number of rotatable bonds is 7. The molecule has 107 valence electrons. The number of aldehydes is 3. The molecule has 0 amide bonds. The fourth-order valence-corrected chi connectivity index (χ4v) is 1.16. The Morgan fingerprint density at radius 3 is 1.26 bits per heavy atom. The molecule has 19 heavy (non-hydrogen) atoms. The van der Waals surface area contributed by atoms with Crippen LogP contribution in [-0.2, 0) is 14.4 Å². The van der Waals surface area contributed by atoms with E-state index in [1.165, 1.54) is 23.7 Å². The largest absolute Gasteiger partial charge is 0.298 e. The number of carbonyl (C=O) groups is 3. The van der Waals surface area contributed by atoms with Crippen molar-refractivity contribution in [2.24, 2.45) is 5.73 Å². The molecule has 0 aliphatic carbocycles. The Balaban J connectivity index is -0.0000000825. The van der Waals surface area contributed by atoms with Crippen LogP contribution in [-0.4, -0.2) is 64.0 Å². The van der Waals surface area contributed by atoms with Crippen molar-refractivity contribution in [3.8, 4) is 0 Å². The van der Waals surface area contributed by atoms with Crippen molar-refractivity contribution in [1.29, 1.82) is 0 Å². The van der Waals surface area contributed by atoms with Gasteiger partial charge in [0.2, 0.25) is 0 Å². The molecule has 2 N–H and O–H groups in total. The zero-order valence-corrected chi connectivity index (χ0v) is 15.8. The molecule has 0 aliphatic rings. The topological polar surface area (TPSA) is 77.2 Å². The van der Waals surface area contributed by atoms with E-state index in [2.05, 4.69) is 36.7 Å². The van der Waals surface area contributed by atoms with Gasteiger partial charge in [-0.1, -0.05) is 36.7 Å². The number of unbranched alkanes of at least 4 members (excludes halogenated alkanes) is 2. The van der Waals surface area contributed by atoms with Crippen molar-refractivity contribution in [2.75, 3.05) is 6.54 Å². The monoisotopic (exact) mass is 428 g/mol. The molecule has 8 heteroatoms. The number of hydrogen-bond donors (Lipinski definition) is 1. The molecule has 0 unspecified atom stereocenters. The molecule has 0 aromatic heterocycles. The summed E-state index contributed by atoms with van der Waals surface area (Å²) in [6.07, 6.45) is 5.63. The van der Waals surface area contributed by atoms with Gasteiger partial charge < -0.3 is 0 Å². The molecule has 0 aromatic carbocycles. The molecule has 0 bridgehead atoms. The van der Waals surface area contributed by atoms with Gasteiger partial charge in [-0.25, -0.2) is 0 Å². The van der Waals surface area contributed by atoms with Gasteiger partial charge >= 0.3 is 58.5 Å². The summed E-state index contributed by atoms with van der Waals surface area (Å²) < 4.78 is 1.40. The van der Waals surface area contributed by atoms with Gasteiger partial charge in [-0.2, -0.15) is 0 Å². The van der Waals surface area contributed by atoms with Gasteiger partial charge in [0.1, 0.15) is 0 Å². The van der Waals surface area contributed by atoms with E-state index in [0.29, 0.717) is 18.9 Å². The van der Waals surface area contributed by atoms with Crippen molar-refractivity contribution in [3.63, 3.8) is 0 Å². The molecule has 0 spiro atoms. The Hall–Kier alpha value is 0.0387. The van der Waals surface area contributed by atoms with Crippen LogP contribution in [0.1, 0.15) is 19.3 Å². The van der Waals surface area contributed by atoms with Crippen molar-refractivity contribution < 1.29 is 14.4 Å². The van der Waals surface area contributed by atoms with Gasteiger partial charge in [0.05, 0.1) is 0 Å². The van der Waals surface area contributed by atoms with Gasteiger partial charge in [-0.3, -0.25) is 14.4 Å². The summed E-state index contributed by atoms with van der Waals surface area (Å²) in [6, 6.07) is 0. The molecular weight excluding hydrogens is 409 g/mol. The maximum atomic E-state index is 9.01. The van der Waals surface area contributed by atoms with E-state index in [9.17, 15) is 0 Å². The first-order valence-electron chi connectivity index (χ1n) is 5.18. The molecule has 0 atom stereocenters. The third-order valence-corrected chi connectivity index (χ3v) is 2.39. The van der Waals surface area contributed by atoms with Gasteiger partial charge in [0, 0.05) is 16.1 Å². The summed E-state index contributed by atoms with van der Waals surface area (Å²) in [7, 11) is 0. The summed E-state index contributed by atoms with van der Waals surface area (Å²) in [4.78, 5) is 27.0. The predicted molar refractivity (Wildman–Crippen MR) is 92.6 cm³/mol. The Kier molecular flexibility index (Phi) is 62.0. The van der Waals surface area contributed by atoms with Crippen LogP contribution < -0.4 is 5.73 Å². The summed E-state index contributed by atoms with van der Waals surface area (Å²) in [5.74, 6) is 0. The molecule has 0 saturated carbocycles. The number of thiocarbonyl (C=S) groups is 3. The molecule has 4 nitrogen and oxygen atoms in total. The van der Waals surface area contributed by atoms with Gasteiger partial charge in [-0.15, -0.1) is 0 Å². The Bertz CT molecular complexity index is 179. The van der Waals surface area contributed by atoms with Crippen LogP contribution in [0.5, 0.6) is 0 Å². The molecule has 0 aliphatic heterocycles. The fourth-order valence-electron chi connectivity index (χ4n) is 0.446. The van der Waals surface area contributed by atoms with Crippen LogP contribution >= 0.6 is 36.7 Å². The Labute approximate surface area is 144 Å². The molecule has 0 fully saturated rings. The van der Waals surface area contributed by atoms with Crippen LogP contribution in [0.3, 0.4) is 0 Å². The normalized spacial score (nSPS) is 6.63. The van der Waals surface area contributed by atoms with Gasteiger partial charge in [-0.05, 0) is 0 Å². The number of hydrogen-bond acceptors (Lipinski definition) is 7. The first-order chi connectivity index (χ1) is 9.16. The summed E-state index contributed by atoms with van der Waals surface area (Å²) in [5, 5.41) is 3.08. The molecule has 0 aromatic rings. The second kappa shape index (κ2) is 43.0. The first kappa shape index (κ1) is 27.4. The van der Waals surface area contributed by atoms with Crippen molar-refractivity contribution in [3.05, 3.63) is 0 Å². The van der Waals surface area contributed by atoms with Crippen molar-refractivity contribution in [2.45, 2.75) is 23.7 Å². The van der Waals surface area contributed by atoms with Gasteiger partial charge in [0.15, 0.2) is 18.9 Å². The molecule has 0 heterocycles. The van der Waals surface area contributed by atoms with Crippen LogP contribution in [0.25, 0.3) is 0 Å². The van der Waals surface area contributed by atoms with E-state index in [4.69, 9.17) is 20.1 Å². The second-order valence-electron chi connectivity index (χ2n) is 2.42. The zero-order chi connectivity index (χ0) is 15.8. The zero-order valence-electron chi connectivity index (χ0n) is 10.5. The minimum absolute atomic E-state index is 0.565. The van der Waals surface area contributed by atoms with Crippen molar-refractivity contribution >= 4 is 94.1 Å². The van der Waals surface area contributed by atoms with E-state index in [1.807, 2.05) is 0 Å². The SMILES string of the molecule is NCCCC[CH2][Sn].O=CC=S.O=CC=S.O=CC=S. The minimum Gasteiger partial charge on any atom is -0.298 e. The van der Waals surface area contributed by atoms with Crippen molar-refractivity contribution in [1.82, 2.24) is 0 Å². The summed E-state index contributed by atoms with van der Waals surface area (Å²) in [5.41, 5.74) is 5.28. The van der Waals surface area contributed by atoms with E-state index < -0.39 is 0 Å². The minimum atomic E-state index is 0.565. The van der Waals surface area contributed by atoms with Crippen LogP contribution in [0.15, 0.2) is 0 Å². The van der Waals surface area contributed by atoms with Gasteiger partial charge in [0.25, 0.3) is 0 Å². The maximum absolute atomic E-state index is 9.01. The fraction of sp³-hybridized carbons (Fsp3) is 0.455. The summed E-state index contributed by atoms with van der Waals surface area (Å²) >= 11 is 13.8. The van der Waals surface area contributed by atoms with E-state index in [1.54, 1.807) is 22.5 Å². The average molecular weight is 427 g/mol. The molecule has 3 radical (unpaired) electrons. The predicted octanol–water partition coefficient (Wildman–Crippen LogP) is 1.26. The van der Waals surface area contributed by atoms with Crippen LogP contribution in [0, 0.1) is 0 Å². The second-order valence-corrected chi connectivity index (χ2v) is 4.66. The van der Waals surface area contributed by atoms with Crippen LogP contribution in [0.2, 0.25) is 4.44 Å².